The van der Waals surface area contributed by atoms with Crippen molar-refractivity contribution in [3.05, 3.63) is 95.8 Å². The molecule has 4 aromatic rings. The van der Waals surface area contributed by atoms with Gasteiger partial charge in [-0.25, -0.2) is 9.97 Å². The molecule has 0 atom stereocenters. The van der Waals surface area contributed by atoms with Gasteiger partial charge in [0.25, 0.3) is 5.91 Å². The molecule has 0 saturated carbocycles. The van der Waals surface area contributed by atoms with Crippen molar-refractivity contribution in [1.29, 1.82) is 0 Å². The van der Waals surface area contributed by atoms with Crippen LogP contribution >= 0.6 is 11.6 Å². The third-order valence-electron chi connectivity index (χ3n) is 4.08. The molecule has 0 saturated heterocycles. The highest BCUT2D eigenvalue weighted by Crippen LogP contribution is 2.26. The van der Waals surface area contributed by atoms with E-state index in [2.05, 4.69) is 20.3 Å². The number of amides is 1. The summed E-state index contributed by atoms with van der Waals surface area (Å²) in [6, 6.07) is 22.4. The molecule has 0 fully saturated rings. The zero-order chi connectivity index (χ0) is 19.3. The van der Waals surface area contributed by atoms with E-state index in [1.807, 2.05) is 48.5 Å². The first-order valence-electron chi connectivity index (χ1n) is 8.61. The number of rotatable bonds is 4. The van der Waals surface area contributed by atoms with Crippen LogP contribution in [0.1, 0.15) is 10.4 Å². The van der Waals surface area contributed by atoms with E-state index in [-0.39, 0.29) is 11.9 Å². The Bertz CT molecular complexity index is 1100. The van der Waals surface area contributed by atoms with Crippen molar-refractivity contribution in [3.8, 4) is 22.5 Å². The van der Waals surface area contributed by atoms with Crippen LogP contribution in [0.5, 0.6) is 0 Å². The molecule has 1 N–H and O–H groups in total. The van der Waals surface area contributed by atoms with Crippen molar-refractivity contribution in [2.45, 2.75) is 0 Å². The number of halogens is 1. The SMILES string of the molecule is O=C(Nc1nc(-c2ccccc2)cc(-c2ccc(Cl)cc2)n1)c1cccnc1. The van der Waals surface area contributed by atoms with Gasteiger partial charge in [-0.1, -0.05) is 54.1 Å². The molecule has 28 heavy (non-hydrogen) atoms. The van der Waals surface area contributed by atoms with Crippen LogP contribution in [0.3, 0.4) is 0 Å². The number of hydrogen-bond acceptors (Lipinski definition) is 4. The minimum atomic E-state index is -0.319. The fourth-order valence-corrected chi connectivity index (χ4v) is 2.83. The number of nitrogens with one attached hydrogen (secondary N) is 1. The highest BCUT2D eigenvalue weighted by molar-refractivity contribution is 6.30. The molecule has 0 aliphatic rings. The van der Waals surface area contributed by atoms with Gasteiger partial charge in [-0.05, 0) is 30.3 Å². The van der Waals surface area contributed by atoms with Gasteiger partial charge in [-0.3, -0.25) is 15.1 Å². The van der Waals surface area contributed by atoms with Crippen LogP contribution in [0, 0.1) is 0 Å². The average Bonchev–Trinajstić information content (AvgIpc) is 2.75. The van der Waals surface area contributed by atoms with E-state index in [0.717, 1.165) is 11.1 Å². The molecule has 2 heterocycles. The van der Waals surface area contributed by atoms with Gasteiger partial charge in [-0.2, -0.15) is 0 Å². The lowest BCUT2D eigenvalue weighted by atomic mass is 10.1. The number of hydrogen-bond donors (Lipinski definition) is 1. The van der Waals surface area contributed by atoms with E-state index in [1.165, 1.54) is 6.20 Å². The minimum Gasteiger partial charge on any atom is -0.290 e. The summed E-state index contributed by atoms with van der Waals surface area (Å²) in [4.78, 5) is 25.5. The molecular weight excluding hydrogens is 372 g/mol. The molecule has 4 rings (SSSR count). The first-order valence-corrected chi connectivity index (χ1v) is 8.99. The second-order valence-corrected chi connectivity index (χ2v) is 6.47. The molecule has 136 valence electrons. The van der Waals surface area contributed by atoms with Crippen LogP contribution in [-0.4, -0.2) is 20.9 Å². The molecule has 0 aliphatic heterocycles. The number of carbonyl (C=O) groups excluding carboxylic acids is 1. The Balaban J connectivity index is 1.75. The van der Waals surface area contributed by atoms with Gasteiger partial charge in [0.2, 0.25) is 5.95 Å². The Kier molecular flexibility index (Phi) is 5.08. The summed E-state index contributed by atoms with van der Waals surface area (Å²) in [6.45, 7) is 0. The van der Waals surface area contributed by atoms with Crippen molar-refractivity contribution in [1.82, 2.24) is 15.0 Å². The summed E-state index contributed by atoms with van der Waals surface area (Å²) in [5.74, 6) is -0.0967. The summed E-state index contributed by atoms with van der Waals surface area (Å²) < 4.78 is 0. The van der Waals surface area contributed by atoms with Gasteiger partial charge in [0.1, 0.15) is 0 Å². The zero-order valence-electron chi connectivity index (χ0n) is 14.7. The van der Waals surface area contributed by atoms with Crippen LogP contribution in [0.15, 0.2) is 85.2 Å². The van der Waals surface area contributed by atoms with Crippen molar-refractivity contribution in [2.75, 3.05) is 5.32 Å². The van der Waals surface area contributed by atoms with Gasteiger partial charge >= 0.3 is 0 Å². The van der Waals surface area contributed by atoms with Crippen molar-refractivity contribution in [2.24, 2.45) is 0 Å². The maximum absolute atomic E-state index is 12.5. The molecule has 2 aromatic heterocycles. The van der Waals surface area contributed by atoms with E-state index in [9.17, 15) is 4.79 Å². The Morgan fingerprint density at radius 3 is 2.14 bits per heavy atom. The number of aromatic nitrogens is 3. The van der Waals surface area contributed by atoms with Crippen LogP contribution in [0.2, 0.25) is 5.02 Å². The summed E-state index contributed by atoms with van der Waals surface area (Å²) in [7, 11) is 0. The zero-order valence-corrected chi connectivity index (χ0v) is 15.5. The topological polar surface area (TPSA) is 67.8 Å². The van der Waals surface area contributed by atoms with Gasteiger partial charge in [0.15, 0.2) is 0 Å². The van der Waals surface area contributed by atoms with E-state index in [0.29, 0.717) is 22.0 Å². The number of pyridine rings is 1. The van der Waals surface area contributed by atoms with Crippen molar-refractivity contribution >= 4 is 23.5 Å². The first kappa shape index (κ1) is 17.8. The molecular formula is C22H15ClN4O. The maximum Gasteiger partial charge on any atom is 0.259 e. The van der Waals surface area contributed by atoms with Gasteiger partial charge in [-0.15, -0.1) is 0 Å². The lowest BCUT2D eigenvalue weighted by Gasteiger charge is -2.10. The van der Waals surface area contributed by atoms with Crippen LogP contribution < -0.4 is 5.32 Å². The quantitative estimate of drug-likeness (QED) is 0.529. The Morgan fingerprint density at radius 2 is 1.50 bits per heavy atom. The summed E-state index contributed by atoms with van der Waals surface area (Å²) in [5.41, 5.74) is 3.64. The van der Waals surface area contributed by atoms with Gasteiger partial charge < -0.3 is 0 Å². The molecule has 6 heteroatoms. The van der Waals surface area contributed by atoms with E-state index >= 15 is 0 Å². The smallest absolute Gasteiger partial charge is 0.259 e. The lowest BCUT2D eigenvalue weighted by molar-refractivity contribution is 0.102. The van der Waals surface area contributed by atoms with Gasteiger partial charge in [0, 0.05) is 28.5 Å². The number of carbonyl (C=O) groups is 1. The first-order chi connectivity index (χ1) is 13.7. The predicted octanol–water partition coefficient (Wildman–Crippen LogP) is 5.11. The van der Waals surface area contributed by atoms with Crippen LogP contribution in [0.25, 0.3) is 22.5 Å². The number of benzene rings is 2. The fraction of sp³-hybridized carbons (Fsp3) is 0. The second kappa shape index (κ2) is 7.98. The standard InChI is InChI=1S/C22H15ClN4O/c23-18-10-8-16(9-11-18)20-13-19(15-5-2-1-3-6-15)25-22(26-20)27-21(28)17-7-4-12-24-14-17/h1-14H,(H,25,26,27,28). The molecule has 0 aliphatic carbocycles. The van der Waals surface area contributed by atoms with E-state index < -0.39 is 0 Å². The highest BCUT2D eigenvalue weighted by atomic mass is 35.5. The summed E-state index contributed by atoms with van der Waals surface area (Å²) in [6.07, 6.45) is 3.11. The number of nitrogens with zero attached hydrogens (tertiary/aromatic N) is 3. The van der Waals surface area contributed by atoms with Crippen LogP contribution in [-0.2, 0) is 0 Å². The maximum atomic E-state index is 12.5. The summed E-state index contributed by atoms with van der Waals surface area (Å²) in [5, 5.41) is 3.41. The molecule has 1 amide bonds. The minimum absolute atomic E-state index is 0.222. The predicted molar refractivity (Wildman–Crippen MR) is 110 cm³/mol. The normalized spacial score (nSPS) is 10.5. The Hall–Kier alpha value is -3.57. The van der Waals surface area contributed by atoms with Gasteiger partial charge in [0.05, 0.1) is 17.0 Å². The summed E-state index contributed by atoms with van der Waals surface area (Å²) >= 11 is 6.00. The monoisotopic (exact) mass is 386 g/mol. The van der Waals surface area contributed by atoms with E-state index in [4.69, 9.17) is 11.6 Å². The molecule has 2 aromatic carbocycles. The van der Waals surface area contributed by atoms with Crippen molar-refractivity contribution < 1.29 is 4.79 Å². The second-order valence-electron chi connectivity index (χ2n) is 6.03. The molecule has 0 radical (unpaired) electrons. The molecule has 0 spiro atoms. The highest BCUT2D eigenvalue weighted by Gasteiger charge is 2.12. The lowest BCUT2D eigenvalue weighted by Crippen LogP contribution is -2.15. The number of anilines is 1. The largest absolute Gasteiger partial charge is 0.290 e. The average molecular weight is 387 g/mol. The van der Waals surface area contributed by atoms with Crippen molar-refractivity contribution in [3.63, 3.8) is 0 Å². The third-order valence-corrected chi connectivity index (χ3v) is 4.34. The third kappa shape index (κ3) is 4.05. The Morgan fingerprint density at radius 1 is 0.821 bits per heavy atom. The molecule has 0 bridgehead atoms. The van der Waals surface area contributed by atoms with Crippen LogP contribution in [0.4, 0.5) is 5.95 Å². The Labute approximate surface area is 167 Å². The molecule has 0 unspecified atom stereocenters. The molecule has 5 nitrogen and oxygen atoms in total. The van der Waals surface area contributed by atoms with E-state index in [1.54, 1.807) is 30.5 Å². The fourth-order valence-electron chi connectivity index (χ4n) is 2.70.